The Kier molecular flexibility index (Phi) is 7.58. The first-order valence-corrected chi connectivity index (χ1v) is 8.00. The van der Waals surface area contributed by atoms with E-state index in [1.54, 1.807) is 0 Å². The summed E-state index contributed by atoms with van der Waals surface area (Å²) >= 11 is 0. The van der Waals surface area contributed by atoms with E-state index >= 15 is 0 Å². The molecule has 120 valence electrons. The van der Waals surface area contributed by atoms with E-state index < -0.39 is 0 Å². The molecule has 0 bridgehead atoms. The van der Waals surface area contributed by atoms with Crippen LogP contribution in [0.2, 0.25) is 0 Å². The SMILES string of the molecule is CCOc1ccccc1OCCC(C)(C)CNCC(C)C. The predicted octanol–water partition coefficient (Wildman–Crippen LogP) is 4.13. The van der Waals surface area contributed by atoms with Crippen molar-refractivity contribution in [1.82, 2.24) is 5.32 Å². The fraction of sp³-hybridized carbons (Fsp3) is 0.667. The highest BCUT2D eigenvalue weighted by atomic mass is 16.5. The van der Waals surface area contributed by atoms with Gasteiger partial charge in [-0.25, -0.2) is 0 Å². The molecule has 1 aromatic carbocycles. The smallest absolute Gasteiger partial charge is 0.161 e. The zero-order valence-electron chi connectivity index (χ0n) is 14.2. The second-order valence-electron chi connectivity index (χ2n) is 6.67. The fourth-order valence-electron chi connectivity index (χ4n) is 2.07. The summed E-state index contributed by atoms with van der Waals surface area (Å²) in [4.78, 5) is 0. The molecule has 0 saturated heterocycles. The molecule has 0 heterocycles. The van der Waals surface area contributed by atoms with Gasteiger partial charge < -0.3 is 14.8 Å². The third kappa shape index (κ3) is 7.37. The third-order valence-corrected chi connectivity index (χ3v) is 3.34. The van der Waals surface area contributed by atoms with Crippen molar-refractivity contribution in [1.29, 1.82) is 0 Å². The van der Waals surface area contributed by atoms with E-state index in [1.807, 2.05) is 31.2 Å². The zero-order valence-corrected chi connectivity index (χ0v) is 14.2. The van der Waals surface area contributed by atoms with Gasteiger partial charge in [-0.05, 0) is 43.4 Å². The van der Waals surface area contributed by atoms with Crippen LogP contribution in [-0.4, -0.2) is 26.3 Å². The van der Waals surface area contributed by atoms with Gasteiger partial charge >= 0.3 is 0 Å². The molecule has 1 aromatic rings. The lowest BCUT2D eigenvalue weighted by Gasteiger charge is -2.26. The van der Waals surface area contributed by atoms with E-state index in [9.17, 15) is 0 Å². The van der Waals surface area contributed by atoms with Crippen molar-refractivity contribution >= 4 is 0 Å². The highest BCUT2D eigenvalue weighted by Gasteiger charge is 2.18. The van der Waals surface area contributed by atoms with Gasteiger partial charge in [0.2, 0.25) is 0 Å². The molecule has 0 amide bonds. The monoisotopic (exact) mass is 293 g/mol. The van der Waals surface area contributed by atoms with E-state index in [0.29, 0.717) is 19.1 Å². The van der Waals surface area contributed by atoms with Crippen LogP contribution in [0.3, 0.4) is 0 Å². The van der Waals surface area contributed by atoms with Crippen molar-refractivity contribution in [2.75, 3.05) is 26.3 Å². The van der Waals surface area contributed by atoms with Crippen LogP contribution in [0.4, 0.5) is 0 Å². The Bertz CT molecular complexity index is 402. The van der Waals surface area contributed by atoms with Crippen LogP contribution in [0.1, 0.15) is 41.0 Å². The van der Waals surface area contributed by atoms with Gasteiger partial charge in [-0.1, -0.05) is 39.8 Å². The molecule has 0 aromatic heterocycles. The summed E-state index contributed by atoms with van der Waals surface area (Å²) in [5.41, 5.74) is 0.232. The maximum absolute atomic E-state index is 5.90. The second kappa shape index (κ2) is 8.93. The fourth-order valence-corrected chi connectivity index (χ4v) is 2.07. The summed E-state index contributed by atoms with van der Waals surface area (Å²) < 4.78 is 11.5. The Hall–Kier alpha value is -1.22. The molecule has 0 spiro atoms. The second-order valence-corrected chi connectivity index (χ2v) is 6.67. The average Bonchev–Trinajstić information content (AvgIpc) is 2.40. The van der Waals surface area contributed by atoms with Gasteiger partial charge in [0.15, 0.2) is 11.5 Å². The lowest BCUT2D eigenvalue weighted by molar-refractivity contribution is 0.212. The van der Waals surface area contributed by atoms with E-state index in [4.69, 9.17) is 9.47 Å². The van der Waals surface area contributed by atoms with Crippen molar-refractivity contribution in [3.05, 3.63) is 24.3 Å². The Morgan fingerprint density at radius 1 is 1.10 bits per heavy atom. The van der Waals surface area contributed by atoms with Crippen molar-refractivity contribution in [3.63, 3.8) is 0 Å². The van der Waals surface area contributed by atoms with Crippen LogP contribution in [0.25, 0.3) is 0 Å². The van der Waals surface area contributed by atoms with Crippen molar-refractivity contribution in [2.45, 2.75) is 41.0 Å². The van der Waals surface area contributed by atoms with Crippen LogP contribution in [0.5, 0.6) is 11.5 Å². The van der Waals surface area contributed by atoms with E-state index in [-0.39, 0.29) is 5.41 Å². The number of ether oxygens (including phenoxy) is 2. The van der Waals surface area contributed by atoms with E-state index in [1.165, 1.54) is 0 Å². The highest BCUT2D eigenvalue weighted by Crippen LogP contribution is 2.27. The number of para-hydroxylation sites is 2. The van der Waals surface area contributed by atoms with E-state index in [2.05, 4.69) is 33.0 Å². The molecule has 3 nitrogen and oxygen atoms in total. The summed E-state index contributed by atoms with van der Waals surface area (Å²) in [5, 5.41) is 3.53. The molecule has 0 aliphatic heterocycles. The number of hydrogen-bond acceptors (Lipinski definition) is 3. The Morgan fingerprint density at radius 3 is 2.29 bits per heavy atom. The molecule has 1 N–H and O–H groups in total. The summed E-state index contributed by atoms with van der Waals surface area (Å²) in [6.07, 6.45) is 1.01. The molecule has 21 heavy (non-hydrogen) atoms. The Labute approximate surface area is 130 Å². The molecule has 0 aliphatic carbocycles. The minimum absolute atomic E-state index is 0.232. The number of nitrogens with one attached hydrogen (secondary N) is 1. The topological polar surface area (TPSA) is 30.5 Å². The Morgan fingerprint density at radius 2 is 1.71 bits per heavy atom. The molecule has 0 atom stereocenters. The van der Waals surface area contributed by atoms with Crippen LogP contribution in [0.15, 0.2) is 24.3 Å². The zero-order chi connectivity index (χ0) is 15.7. The highest BCUT2D eigenvalue weighted by molar-refractivity contribution is 5.39. The molecule has 0 unspecified atom stereocenters. The van der Waals surface area contributed by atoms with Crippen molar-refractivity contribution in [3.8, 4) is 11.5 Å². The molecule has 0 fully saturated rings. The van der Waals surface area contributed by atoms with Crippen molar-refractivity contribution in [2.24, 2.45) is 11.3 Å². The van der Waals surface area contributed by atoms with Gasteiger partial charge in [0.05, 0.1) is 13.2 Å². The number of rotatable bonds is 10. The lowest BCUT2D eigenvalue weighted by atomic mass is 9.89. The summed E-state index contributed by atoms with van der Waals surface area (Å²) in [6, 6.07) is 7.87. The van der Waals surface area contributed by atoms with Crippen LogP contribution in [0, 0.1) is 11.3 Å². The largest absolute Gasteiger partial charge is 0.490 e. The Balaban J connectivity index is 2.38. The molecular weight excluding hydrogens is 262 g/mol. The summed E-state index contributed by atoms with van der Waals surface area (Å²) in [7, 11) is 0. The summed E-state index contributed by atoms with van der Waals surface area (Å²) in [5.74, 6) is 2.36. The molecule has 0 saturated carbocycles. The van der Waals surface area contributed by atoms with Gasteiger partial charge in [-0.3, -0.25) is 0 Å². The van der Waals surface area contributed by atoms with E-state index in [0.717, 1.165) is 31.0 Å². The van der Waals surface area contributed by atoms with Gasteiger partial charge in [0, 0.05) is 6.54 Å². The standard InChI is InChI=1S/C18H31NO2/c1-6-20-16-9-7-8-10-17(16)21-12-11-18(4,5)14-19-13-15(2)3/h7-10,15,19H,6,11-14H2,1-5H3. The first-order chi connectivity index (χ1) is 9.94. The third-order valence-electron chi connectivity index (χ3n) is 3.34. The van der Waals surface area contributed by atoms with Crippen LogP contribution < -0.4 is 14.8 Å². The molecule has 0 aliphatic rings. The molecular formula is C18H31NO2. The first-order valence-electron chi connectivity index (χ1n) is 8.00. The van der Waals surface area contributed by atoms with Gasteiger partial charge in [-0.15, -0.1) is 0 Å². The molecule has 1 rings (SSSR count). The van der Waals surface area contributed by atoms with Crippen LogP contribution in [-0.2, 0) is 0 Å². The maximum Gasteiger partial charge on any atom is 0.161 e. The predicted molar refractivity (Wildman–Crippen MR) is 89.2 cm³/mol. The molecule has 0 radical (unpaired) electrons. The van der Waals surface area contributed by atoms with Crippen molar-refractivity contribution < 1.29 is 9.47 Å². The van der Waals surface area contributed by atoms with Gasteiger partial charge in [0.1, 0.15) is 0 Å². The summed E-state index contributed by atoms with van der Waals surface area (Å²) in [6.45, 7) is 14.4. The molecule has 3 heteroatoms. The van der Waals surface area contributed by atoms with Gasteiger partial charge in [0.25, 0.3) is 0 Å². The van der Waals surface area contributed by atoms with Crippen LogP contribution >= 0.6 is 0 Å². The maximum atomic E-state index is 5.90. The quantitative estimate of drug-likeness (QED) is 0.703. The first kappa shape index (κ1) is 17.8. The minimum Gasteiger partial charge on any atom is -0.490 e. The average molecular weight is 293 g/mol. The normalized spacial score (nSPS) is 11.7. The number of hydrogen-bond donors (Lipinski definition) is 1. The lowest BCUT2D eigenvalue weighted by Crippen LogP contribution is -2.32. The van der Waals surface area contributed by atoms with Gasteiger partial charge in [-0.2, -0.15) is 0 Å². The minimum atomic E-state index is 0.232. The number of benzene rings is 1.